The minimum Gasteiger partial charge on any atom is -0.497 e. The molecule has 1 fully saturated rings. The first-order valence-electron chi connectivity index (χ1n) is 12.2. The Bertz CT molecular complexity index is 1410. The summed E-state index contributed by atoms with van der Waals surface area (Å²) in [5.74, 6) is 3.06. The first kappa shape index (κ1) is 23.7. The lowest BCUT2D eigenvalue weighted by atomic mass is 10.1. The van der Waals surface area contributed by atoms with Crippen LogP contribution in [0.4, 0.5) is 5.69 Å². The third-order valence-electron chi connectivity index (χ3n) is 6.91. The van der Waals surface area contributed by atoms with Crippen molar-refractivity contribution in [2.45, 2.75) is 32.7 Å². The zero-order valence-corrected chi connectivity index (χ0v) is 21.2. The van der Waals surface area contributed by atoms with Crippen LogP contribution in [-0.4, -0.2) is 42.8 Å². The number of carbonyl (C=O) groups is 1. The molecule has 0 N–H and O–H groups in total. The van der Waals surface area contributed by atoms with E-state index in [4.69, 9.17) is 19.2 Å². The van der Waals surface area contributed by atoms with Gasteiger partial charge in [0.05, 0.1) is 37.5 Å². The van der Waals surface area contributed by atoms with Gasteiger partial charge in [0.25, 0.3) is 0 Å². The van der Waals surface area contributed by atoms with Crippen molar-refractivity contribution < 1.29 is 19.0 Å². The Labute approximate surface area is 211 Å². The zero-order valence-electron chi connectivity index (χ0n) is 21.2. The van der Waals surface area contributed by atoms with Gasteiger partial charge in [-0.15, -0.1) is 0 Å². The quantitative estimate of drug-likeness (QED) is 0.340. The smallest absolute Gasteiger partial charge is 0.227 e. The summed E-state index contributed by atoms with van der Waals surface area (Å²) < 4.78 is 19.2. The van der Waals surface area contributed by atoms with E-state index in [9.17, 15) is 4.79 Å². The topological polar surface area (TPSA) is 65.8 Å². The summed E-state index contributed by atoms with van der Waals surface area (Å²) in [6.45, 7) is 5.84. The van der Waals surface area contributed by atoms with Crippen molar-refractivity contribution in [1.82, 2.24) is 9.55 Å². The Hall–Kier alpha value is -4.00. The third kappa shape index (κ3) is 4.49. The molecule has 1 amide bonds. The van der Waals surface area contributed by atoms with Gasteiger partial charge in [0, 0.05) is 24.9 Å². The van der Waals surface area contributed by atoms with Crippen LogP contribution in [-0.2, 0) is 11.3 Å². The number of amides is 1. The molecule has 3 aromatic carbocycles. The van der Waals surface area contributed by atoms with Crippen molar-refractivity contribution in [1.29, 1.82) is 0 Å². The molecule has 186 valence electrons. The van der Waals surface area contributed by atoms with Crippen LogP contribution in [0.5, 0.6) is 17.2 Å². The largest absolute Gasteiger partial charge is 0.497 e. The Balaban J connectivity index is 1.41. The second-order valence-corrected chi connectivity index (χ2v) is 9.15. The van der Waals surface area contributed by atoms with E-state index in [-0.39, 0.29) is 11.8 Å². The molecule has 1 saturated heterocycles. The standard InChI is InChI=1S/C29H31N3O4/c1-19-9-10-23(15-20(19)2)36-14-13-31-25-8-6-5-7-24(25)30-29(31)21-16-28(33)32(18-21)26-17-22(34-3)11-12-27(26)35-4/h5-12,15,17,21H,13-14,16,18H2,1-4H3/t21-/m0/s1. The van der Waals surface area contributed by atoms with Gasteiger partial charge in [-0.3, -0.25) is 4.79 Å². The number of aromatic nitrogens is 2. The number of para-hydroxylation sites is 2. The summed E-state index contributed by atoms with van der Waals surface area (Å²) in [6, 6.07) is 19.7. The fraction of sp³-hybridized carbons (Fsp3) is 0.310. The molecule has 0 radical (unpaired) electrons. The molecule has 0 spiro atoms. The molecule has 0 unspecified atom stereocenters. The molecule has 7 nitrogen and oxygen atoms in total. The number of nitrogens with zero attached hydrogens (tertiary/aromatic N) is 3. The van der Waals surface area contributed by atoms with E-state index in [1.165, 1.54) is 11.1 Å². The van der Waals surface area contributed by atoms with Gasteiger partial charge in [-0.05, 0) is 61.4 Å². The van der Waals surface area contributed by atoms with Gasteiger partial charge in [0.2, 0.25) is 5.91 Å². The number of methoxy groups -OCH3 is 2. The summed E-state index contributed by atoms with van der Waals surface area (Å²) in [5.41, 5.74) is 5.13. The minimum absolute atomic E-state index is 0.0385. The van der Waals surface area contributed by atoms with Crippen LogP contribution < -0.4 is 19.1 Å². The van der Waals surface area contributed by atoms with Crippen molar-refractivity contribution in [2.75, 3.05) is 32.3 Å². The average Bonchev–Trinajstić information content (AvgIpc) is 3.46. The zero-order chi connectivity index (χ0) is 25.2. The second kappa shape index (κ2) is 9.93. The molecule has 0 aliphatic carbocycles. The molecule has 4 aromatic rings. The van der Waals surface area contributed by atoms with E-state index < -0.39 is 0 Å². The highest BCUT2D eigenvalue weighted by molar-refractivity contribution is 5.98. The number of ether oxygens (including phenoxy) is 3. The lowest BCUT2D eigenvalue weighted by Crippen LogP contribution is -2.25. The number of anilines is 1. The summed E-state index contributed by atoms with van der Waals surface area (Å²) >= 11 is 0. The predicted octanol–water partition coefficient (Wildman–Crippen LogP) is 5.27. The van der Waals surface area contributed by atoms with Gasteiger partial charge >= 0.3 is 0 Å². The number of rotatable bonds is 8. The van der Waals surface area contributed by atoms with Crippen LogP contribution >= 0.6 is 0 Å². The number of imidazole rings is 1. The Morgan fingerprint density at radius 2 is 1.75 bits per heavy atom. The molecular weight excluding hydrogens is 454 g/mol. The number of aryl methyl sites for hydroxylation is 2. The van der Waals surface area contributed by atoms with E-state index in [2.05, 4.69) is 36.6 Å². The fourth-order valence-corrected chi connectivity index (χ4v) is 4.82. The van der Waals surface area contributed by atoms with Gasteiger partial charge in [0.15, 0.2) is 0 Å². The van der Waals surface area contributed by atoms with Crippen molar-refractivity contribution in [3.05, 3.63) is 77.6 Å². The third-order valence-corrected chi connectivity index (χ3v) is 6.91. The van der Waals surface area contributed by atoms with Crippen LogP contribution in [0.3, 0.4) is 0 Å². The lowest BCUT2D eigenvalue weighted by molar-refractivity contribution is -0.117. The molecule has 7 heteroatoms. The van der Waals surface area contributed by atoms with E-state index in [1.54, 1.807) is 19.1 Å². The summed E-state index contributed by atoms with van der Waals surface area (Å²) in [6.07, 6.45) is 0.377. The highest BCUT2D eigenvalue weighted by Crippen LogP contribution is 2.39. The maximum atomic E-state index is 13.2. The second-order valence-electron chi connectivity index (χ2n) is 9.15. The monoisotopic (exact) mass is 485 g/mol. The molecule has 0 bridgehead atoms. The van der Waals surface area contributed by atoms with E-state index in [0.717, 1.165) is 22.6 Å². The number of hydrogen-bond acceptors (Lipinski definition) is 5. The van der Waals surface area contributed by atoms with E-state index >= 15 is 0 Å². The van der Waals surface area contributed by atoms with Crippen molar-refractivity contribution >= 4 is 22.6 Å². The maximum absolute atomic E-state index is 13.2. The first-order valence-corrected chi connectivity index (χ1v) is 12.2. The van der Waals surface area contributed by atoms with Crippen molar-refractivity contribution in [3.8, 4) is 17.2 Å². The number of fused-ring (bicyclic) bond motifs is 1. The fourth-order valence-electron chi connectivity index (χ4n) is 4.82. The molecule has 36 heavy (non-hydrogen) atoms. The minimum atomic E-state index is -0.0533. The number of hydrogen-bond donors (Lipinski definition) is 0. The van der Waals surface area contributed by atoms with Crippen LogP contribution in [0.2, 0.25) is 0 Å². The number of carbonyl (C=O) groups excluding carboxylic acids is 1. The van der Waals surface area contributed by atoms with Crippen LogP contribution in [0.1, 0.15) is 29.3 Å². The normalized spacial score (nSPS) is 15.5. The maximum Gasteiger partial charge on any atom is 0.227 e. The molecule has 1 atom stereocenters. The van der Waals surface area contributed by atoms with Gasteiger partial charge < -0.3 is 23.7 Å². The number of benzene rings is 3. The van der Waals surface area contributed by atoms with E-state index in [1.807, 2.05) is 42.5 Å². The van der Waals surface area contributed by atoms with Gasteiger partial charge in [-0.2, -0.15) is 0 Å². The average molecular weight is 486 g/mol. The highest BCUT2D eigenvalue weighted by Gasteiger charge is 2.36. The van der Waals surface area contributed by atoms with Crippen molar-refractivity contribution in [3.63, 3.8) is 0 Å². The summed E-state index contributed by atoms with van der Waals surface area (Å²) in [4.78, 5) is 19.9. The first-order chi connectivity index (χ1) is 17.5. The molecule has 5 rings (SSSR count). The SMILES string of the molecule is COc1ccc(OC)c(N2C[C@@H](c3nc4ccccc4n3CCOc3ccc(C)c(C)c3)CC2=O)c1. The van der Waals surface area contributed by atoms with Gasteiger partial charge in [-0.1, -0.05) is 18.2 Å². The van der Waals surface area contributed by atoms with Crippen LogP contribution in [0.25, 0.3) is 11.0 Å². The molecular formula is C29H31N3O4. The Kier molecular flexibility index (Phi) is 6.55. The molecule has 1 aromatic heterocycles. The van der Waals surface area contributed by atoms with E-state index in [0.29, 0.717) is 43.3 Å². The van der Waals surface area contributed by atoms with Crippen LogP contribution in [0.15, 0.2) is 60.7 Å². The predicted molar refractivity (Wildman–Crippen MR) is 140 cm³/mol. The Morgan fingerprint density at radius 3 is 2.53 bits per heavy atom. The lowest BCUT2D eigenvalue weighted by Gasteiger charge is -2.20. The molecule has 1 aliphatic rings. The summed E-state index contributed by atoms with van der Waals surface area (Å²) in [7, 11) is 3.22. The van der Waals surface area contributed by atoms with Crippen molar-refractivity contribution in [2.24, 2.45) is 0 Å². The van der Waals surface area contributed by atoms with Gasteiger partial charge in [0.1, 0.15) is 29.7 Å². The Morgan fingerprint density at radius 1 is 0.944 bits per heavy atom. The molecule has 0 saturated carbocycles. The van der Waals surface area contributed by atoms with Crippen LogP contribution in [0, 0.1) is 13.8 Å². The summed E-state index contributed by atoms with van der Waals surface area (Å²) in [5, 5.41) is 0. The molecule has 1 aliphatic heterocycles. The highest BCUT2D eigenvalue weighted by atomic mass is 16.5. The molecule has 2 heterocycles. The van der Waals surface area contributed by atoms with Gasteiger partial charge in [-0.25, -0.2) is 4.98 Å².